The first-order valence-electron chi connectivity index (χ1n) is 4.33. The van der Waals surface area contributed by atoms with Gasteiger partial charge in [0.15, 0.2) is 0 Å². The van der Waals surface area contributed by atoms with Gasteiger partial charge in [-0.05, 0) is 30.8 Å². The van der Waals surface area contributed by atoms with Crippen molar-refractivity contribution in [1.82, 2.24) is 4.90 Å². The summed E-state index contributed by atoms with van der Waals surface area (Å²) in [7, 11) is 1.87. The SMILES string of the molecule is CN(CC#N)Cc1cc(N)ccc1N. The summed E-state index contributed by atoms with van der Waals surface area (Å²) in [5.74, 6) is 0. The van der Waals surface area contributed by atoms with Crippen molar-refractivity contribution in [3.8, 4) is 6.07 Å². The zero-order chi connectivity index (χ0) is 10.6. The third kappa shape index (κ3) is 2.64. The van der Waals surface area contributed by atoms with Crippen LogP contribution in [0.25, 0.3) is 0 Å². The second kappa shape index (κ2) is 4.49. The van der Waals surface area contributed by atoms with E-state index in [0.717, 1.165) is 5.56 Å². The monoisotopic (exact) mass is 190 g/mol. The van der Waals surface area contributed by atoms with Crippen molar-refractivity contribution in [2.75, 3.05) is 25.1 Å². The lowest BCUT2D eigenvalue weighted by atomic mass is 10.1. The minimum absolute atomic E-state index is 0.383. The molecule has 0 aliphatic rings. The zero-order valence-electron chi connectivity index (χ0n) is 8.20. The summed E-state index contributed by atoms with van der Waals surface area (Å²) in [6.07, 6.45) is 0. The first kappa shape index (κ1) is 10.4. The van der Waals surface area contributed by atoms with E-state index in [9.17, 15) is 0 Å². The third-order valence-electron chi connectivity index (χ3n) is 1.95. The van der Waals surface area contributed by atoms with Gasteiger partial charge in [-0.2, -0.15) is 5.26 Å². The predicted octanol–water partition coefficient (Wildman–Crippen LogP) is 0.806. The van der Waals surface area contributed by atoms with E-state index in [1.807, 2.05) is 18.0 Å². The van der Waals surface area contributed by atoms with Crippen LogP contribution in [0.3, 0.4) is 0 Å². The van der Waals surface area contributed by atoms with E-state index in [-0.39, 0.29) is 0 Å². The van der Waals surface area contributed by atoms with Crippen LogP contribution in [0.15, 0.2) is 18.2 Å². The van der Waals surface area contributed by atoms with Gasteiger partial charge in [-0.1, -0.05) is 0 Å². The maximum absolute atomic E-state index is 8.49. The van der Waals surface area contributed by atoms with Crippen molar-refractivity contribution >= 4 is 11.4 Å². The Balaban J connectivity index is 2.76. The largest absolute Gasteiger partial charge is 0.399 e. The minimum atomic E-state index is 0.383. The molecule has 0 amide bonds. The molecule has 4 N–H and O–H groups in total. The molecular formula is C10H14N4. The molecule has 14 heavy (non-hydrogen) atoms. The summed E-state index contributed by atoms with van der Waals surface area (Å²) in [5, 5.41) is 8.49. The van der Waals surface area contributed by atoms with Gasteiger partial charge in [0, 0.05) is 17.9 Å². The van der Waals surface area contributed by atoms with Gasteiger partial charge in [0.1, 0.15) is 0 Å². The van der Waals surface area contributed by atoms with Crippen molar-refractivity contribution < 1.29 is 0 Å². The molecule has 0 aliphatic carbocycles. The maximum Gasteiger partial charge on any atom is 0.0866 e. The standard InChI is InChI=1S/C10H14N4/c1-14(5-4-11)7-8-6-9(12)2-3-10(8)13/h2-3,6H,5,7,12-13H2,1H3. The highest BCUT2D eigenvalue weighted by Crippen LogP contribution is 2.16. The lowest BCUT2D eigenvalue weighted by Gasteiger charge is -2.14. The van der Waals surface area contributed by atoms with Crippen molar-refractivity contribution in [1.29, 1.82) is 5.26 Å². The number of benzene rings is 1. The number of nitrogens with zero attached hydrogens (tertiary/aromatic N) is 2. The van der Waals surface area contributed by atoms with Gasteiger partial charge in [0.05, 0.1) is 12.6 Å². The highest BCUT2D eigenvalue weighted by Gasteiger charge is 2.03. The Morgan fingerprint density at radius 1 is 1.43 bits per heavy atom. The molecular weight excluding hydrogens is 176 g/mol. The average Bonchev–Trinajstić information content (AvgIpc) is 2.12. The highest BCUT2D eigenvalue weighted by atomic mass is 15.1. The number of nitrogen functional groups attached to an aromatic ring is 2. The van der Waals surface area contributed by atoms with E-state index in [1.165, 1.54) is 0 Å². The fraction of sp³-hybridized carbons (Fsp3) is 0.300. The molecule has 0 aromatic heterocycles. The predicted molar refractivity (Wildman–Crippen MR) is 57.2 cm³/mol. The molecule has 1 aromatic rings. The zero-order valence-corrected chi connectivity index (χ0v) is 8.20. The topological polar surface area (TPSA) is 79.1 Å². The van der Waals surface area contributed by atoms with E-state index < -0.39 is 0 Å². The molecule has 0 fully saturated rings. The van der Waals surface area contributed by atoms with Crippen molar-refractivity contribution in [3.63, 3.8) is 0 Å². The molecule has 0 saturated carbocycles. The van der Waals surface area contributed by atoms with Gasteiger partial charge in [-0.15, -0.1) is 0 Å². The van der Waals surface area contributed by atoms with Crippen LogP contribution in [0.5, 0.6) is 0 Å². The Bertz CT molecular complexity index is 354. The normalized spacial score (nSPS) is 10.1. The second-order valence-electron chi connectivity index (χ2n) is 3.29. The van der Waals surface area contributed by atoms with Crippen LogP contribution in [0.4, 0.5) is 11.4 Å². The Labute approximate surface area is 83.7 Å². The van der Waals surface area contributed by atoms with Crippen LogP contribution in [-0.2, 0) is 6.54 Å². The molecule has 0 radical (unpaired) electrons. The van der Waals surface area contributed by atoms with E-state index in [0.29, 0.717) is 24.5 Å². The quantitative estimate of drug-likeness (QED) is 0.546. The summed E-state index contributed by atoms with van der Waals surface area (Å²) < 4.78 is 0. The molecule has 0 bridgehead atoms. The van der Waals surface area contributed by atoms with Gasteiger partial charge in [-0.3, -0.25) is 4.90 Å². The van der Waals surface area contributed by atoms with E-state index in [1.54, 1.807) is 12.1 Å². The van der Waals surface area contributed by atoms with Crippen LogP contribution in [0, 0.1) is 11.3 Å². The van der Waals surface area contributed by atoms with Crippen molar-refractivity contribution in [2.24, 2.45) is 0 Å². The molecule has 0 atom stereocenters. The smallest absolute Gasteiger partial charge is 0.0866 e. The third-order valence-corrected chi connectivity index (χ3v) is 1.95. The molecule has 1 rings (SSSR count). The summed E-state index contributed by atoms with van der Waals surface area (Å²) in [5.41, 5.74) is 13.8. The Morgan fingerprint density at radius 3 is 2.79 bits per heavy atom. The maximum atomic E-state index is 8.49. The molecule has 1 aromatic carbocycles. The summed E-state index contributed by atoms with van der Waals surface area (Å²) in [6, 6.07) is 7.46. The van der Waals surface area contributed by atoms with Gasteiger partial charge in [-0.25, -0.2) is 0 Å². The molecule has 0 spiro atoms. The van der Waals surface area contributed by atoms with Crippen LogP contribution >= 0.6 is 0 Å². The summed E-state index contributed by atoms with van der Waals surface area (Å²) >= 11 is 0. The number of nitriles is 1. The van der Waals surface area contributed by atoms with Crippen LogP contribution < -0.4 is 11.5 Å². The summed E-state index contributed by atoms with van der Waals surface area (Å²) in [6.45, 7) is 1.03. The number of nitrogens with two attached hydrogens (primary N) is 2. The lowest BCUT2D eigenvalue weighted by molar-refractivity contribution is 0.368. The fourth-order valence-corrected chi connectivity index (χ4v) is 1.23. The van der Waals surface area contributed by atoms with Crippen molar-refractivity contribution in [2.45, 2.75) is 6.54 Å². The molecule has 74 valence electrons. The Hall–Kier alpha value is -1.73. The van der Waals surface area contributed by atoms with Gasteiger partial charge < -0.3 is 11.5 Å². The van der Waals surface area contributed by atoms with E-state index in [2.05, 4.69) is 6.07 Å². The highest BCUT2D eigenvalue weighted by molar-refractivity contribution is 5.55. The number of rotatable bonds is 3. The first-order valence-corrected chi connectivity index (χ1v) is 4.33. The summed E-state index contributed by atoms with van der Waals surface area (Å²) in [4.78, 5) is 1.88. The van der Waals surface area contributed by atoms with Crippen LogP contribution in [0.2, 0.25) is 0 Å². The Kier molecular flexibility index (Phi) is 3.32. The average molecular weight is 190 g/mol. The molecule has 0 aliphatic heterocycles. The first-order chi connectivity index (χ1) is 6.63. The number of hydrogen-bond acceptors (Lipinski definition) is 4. The van der Waals surface area contributed by atoms with E-state index >= 15 is 0 Å². The van der Waals surface area contributed by atoms with Crippen LogP contribution in [-0.4, -0.2) is 18.5 Å². The molecule has 0 saturated heterocycles. The second-order valence-corrected chi connectivity index (χ2v) is 3.29. The van der Waals surface area contributed by atoms with Gasteiger partial charge in [0.2, 0.25) is 0 Å². The van der Waals surface area contributed by atoms with E-state index in [4.69, 9.17) is 16.7 Å². The van der Waals surface area contributed by atoms with Crippen molar-refractivity contribution in [3.05, 3.63) is 23.8 Å². The van der Waals surface area contributed by atoms with Gasteiger partial charge in [0.25, 0.3) is 0 Å². The van der Waals surface area contributed by atoms with Crippen LogP contribution in [0.1, 0.15) is 5.56 Å². The Morgan fingerprint density at radius 2 is 2.14 bits per heavy atom. The molecule has 0 unspecified atom stereocenters. The molecule has 4 nitrogen and oxygen atoms in total. The van der Waals surface area contributed by atoms with Gasteiger partial charge >= 0.3 is 0 Å². The fourth-order valence-electron chi connectivity index (χ4n) is 1.23. The number of anilines is 2. The molecule has 4 heteroatoms. The minimum Gasteiger partial charge on any atom is -0.399 e. The lowest BCUT2D eigenvalue weighted by Crippen LogP contribution is -2.18. The molecule has 0 heterocycles. The number of hydrogen-bond donors (Lipinski definition) is 2.